The van der Waals surface area contributed by atoms with Crippen molar-refractivity contribution in [1.82, 2.24) is 20.2 Å². The summed E-state index contributed by atoms with van der Waals surface area (Å²) in [5.74, 6) is -0.461. The third-order valence-electron chi connectivity index (χ3n) is 3.87. The second-order valence-corrected chi connectivity index (χ2v) is 7.05. The van der Waals surface area contributed by atoms with Gasteiger partial charge in [0.1, 0.15) is 5.82 Å². The van der Waals surface area contributed by atoms with E-state index in [0.29, 0.717) is 10.7 Å². The van der Waals surface area contributed by atoms with Gasteiger partial charge >= 0.3 is 0 Å². The number of aryl methyl sites for hydroxylation is 2. The normalized spacial score (nSPS) is 12.2. The zero-order chi connectivity index (χ0) is 18.0. The third kappa shape index (κ3) is 3.61. The molecular formula is C18H17FN4OS. The van der Waals surface area contributed by atoms with Crippen LogP contribution in [0.3, 0.4) is 0 Å². The highest BCUT2D eigenvalue weighted by Gasteiger charge is 2.21. The molecule has 0 aliphatic carbocycles. The molecular weight excluding hydrogens is 339 g/mol. The van der Waals surface area contributed by atoms with Crippen molar-refractivity contribution < 1.29 is 9.18 Å². The van der Waals surface area contributed by atoms with Crippen LogP contribution in [0, 0.1) is 19.7 Å². The van der Waals surface area contributed by atoms with E-state index in [1.165, 1.54) is 36.0 Å². The smallest absolute Gasteiger partial charge is 0.214 e. The lowest BCUT2D eigenvalue weighted by Gasteiger charge is -2.13. The second kappa shape index (κ2) is 7.14. The minimum Gasteiger partial charge on any atom is -0.293 e. The summed E-state index contributed by atoms with van der Waals surface area (Å²) >= 11 is 1.28. The maximum Gasteiger partial charge on any atom is 0.214 e. The van der Waals surface area contributed by atoms with Gasteiger partial charge in [-0.25, -0.2) is 4.39 Å². The Morgan fingerprint density at radius 1 is 1.12 bits per heavy atom. The summed E-state index contributed by atoms with van der Waals surface area (Å²) in [7, 11) is 0. The van der Waals surface area contributed by atoms with E-state index in [-0.39, 0.29) is 11.6 Å². The molecule has 0 fully saturated rings. The highest BCUT2D eigenvalue weighted by atomic mass is 32.2. The molecule has 0 aliphatic rings. The number of Topliss-reactive ketones (excluding diaryl/α,β-unsaturated/α-hetero) is 1. The number of rotatable bonds is 5. The molecule has 0 radical (unpaired) electrons. The maximum atomic E-state index is 13.0. The van der Waals surface area contributed by atoms with Crippen LogP contribution in [0.5, 0.6) is 0 Å². The lowest BCUT2D eigenvalue weighted by molar-refractivity contribution is 0.0994. The molecule has 2 aromatic carbocycles. The number of hydrogen-bond acceptors (Lipinski definition) is 5. The minimum atomic E-state index is -0.403. The quantitative estimate of drug-likeness (QED) is 0.514. The summed E-state index contributed by atoms with van der Waals surface area (Å²) in [6.45, 7) is 5.77. The average molecular weight is 356 g/mol. The van der Waals surface area contributed by atoms with Gasteiger partial charge in [-0.05, 0) is 66.6 Å². The largest absolute Gasteiger partial charge is 0.293 e. The van der Waals surface area contributed by atoms with Crippen molar-refractivity contribution >= 4 is 17.5 Å². The molecule has 0 bridgehead atoms. The Morgan fingerprint density at radius 3 is 2.40 bits per heavy atom. The number of para-hydroxylation sites is 1. The number of carbonyl (C=O) groups is 1. The van der Waals surface area contributed by atoms with Gasteiger partial charge in [-0.1, -0.05) is 30.0 Å². The molecule has 0 saturated carbocycles. The van der Waals surface area contributed by atoms with Crippen molar-refractivity contribution in [2.24, 2.45) is 0 Å². The number of carbonyl (C=O) groups excluding carboxylic acids is 1. The first-order valence-corrected chi connectivity index (χ1v) is 8.66. The van der Waals surface area contributed by atoms with Gasteiger partial charge < -0.3 is 0 Å². The summed E-state index contributed by atoms with van der Waals surface area (Å²) in [4.78, 5) is 12.5. The number of tetrazole rings is 1. The maximum absolute atomic E-state index is 13.0. The van der Waals surface area contributed by atoms with Gasteiger partial charge in [-0.2, -0.15) is 4.68 Å². The van der Waals surface area contributed by atoms with Crippen molar-refractivity contribution in [3.05, 3.63) is 65.0 Å². The Hall–Kier alpha value is -2.54. The fraction of sp³-hybridized carbons (Fsp3) is 0.222. The number of nitrogens with zero attached hydrogens (tertiary/aromatic N) is 4. The third-order valence-corrected chi connectivity index (χ3v) is 4.91. The average Bonchev–Trinajstić information content (AvgIpc) is 3.02. The molecule has 5 nitrogen and oxygen atoms in total. The number of halogens is 1. The monoisotopic (exact) mass is 356 g/mol. The first kappa shape index (κ1) is 17.3. The Balaban J connectivity index is 1.86. The summed E-state index contributed by atoms with van der Waals surface area (Å²) in [6, 6.07) is 11.5. The van der Waals surface area contributed by atoms with E-state index in [9.17, 15) is 9.18 Å². The summed E-state index contributed by atoms with van der Waals surface area (Å²) in [6.07, 6.45) is 0. The Labute approximate surface area is 149 Å². The zero-order valence-electron chi connectivity index (χ0n) is 14.1. The number of thioether (sulfide) groups is 1. The van der Waals surface area contributed by atoms with Crippen LogP contribution in [0.15, 0.2) is 47.6 Å². The van der Waals surface area contributed by atoms with Crippen LogP contribution in [-0.4, -0.2) is 31.2 Å². The highest BCUT2D eigenvalue weighted by molar-refractivity contribution is 8.00. The Bertz CT molecular complexity index is 887. The molecule has 1 unspecified atom stereocenters. The molecule has 7 heteroatoms. The fourth-order valence-corrected chi connectivity index (χ4v) is 3.46. The molecule has 1 atom stereocenters. The number of hydrogen-bond donors (Lipinski definition) is 0. The first-order chi connectivity index (χ1) is 12.0. The molecule has 0 amide bonds. The van der Waals surface area contributed by atoms with Gasteiger partial charge in [-0.3, -0.25) is 4.79 Å². The summed E-state index contributed by atoms with van der Waals surface area (Å²) in [5, 5.41) is 12.0. The van der Waals surface area contributed by atoms with Gasteiger partial charge in [0.25, 0.3) is 0 Å². The van der Waals surface area contributed by atoms with Crippen LogP contribution in [0.25, 0.3) is 5.69 Å². The predicted molar refractivity (Wildman–Crippen MR) is 94.7 cm³/mol. The van der Waals surface area contributed by atoms with Crippen molar-refractivity contribution in [1.29, 1.82) is 0 Å². The molecule has 25 heavy (non-hydrogen) atoms. The van der Waals surface area contributed by atoms with E-state index >= 15 is 0 Å². The van der Waals surface area contributed by atoms with E-state index < -0.39 is 5.25 Å². The summed E-state index contributed by atoms with van der Waals surface area (Å²) < 4.78 is 14.7. The molecule has 0 spiro atoms. The van der Waals surface area contributed by atoms with Crippen molar-refractivity contribution in [2.75, 3.05) is 0 Å². The minimum absolute atomic E-state index is 0.0962. The molecule has 3 aromatic rings. The topological polar surface area (TPSA) is 60.7 Å². The van der Waals surface area contributed by atoms with Crippen LogP contribution in [0.1, 0.15) is 28.4 Å². The zero-order valence-corrected chi connectivity index (χ0v) is 14.9. The number of ketones is 1. The molecule has 128 valence electrons. The number of aromatic nitrogens is 4. The van der Waals surface area contributed by atoms with E-state index in [1.807, 2.05) is 32.0 Å². The molecule has 0 saturated heterocycles. The van der Waals surface area contributed by atoms with Crippen molar-refractivity contribution in [2.45, 2.75) is 31.2 Å². The Kier molecular flexibility index (Phi) is 4.94. The van der Waals surface area contributed by atoms with Crippen LogP contribution in [0.4, 0.5) is 4.39 Å². The summed E-state index contributed by atoms with van der Waals surface area (Å²) in [5.41, 5.74) is 3.47. The fourth-order valence-electron chi connectivity index (χ4n) is 2.59. The number of benzene rings is 2. The first-order valence-electron chi connectivity index (χ1n) is 7.79. The van der Waals surface area contributed by atoms with E-state index in [0.717, 1.165) is 16.8 Å². The Morgan fingerprint density at radius 2 is 1.76 bits per heavy atom. The van der Waals surface area contributed by atoms with Gasteiger partial charge in [0, 0.05) is 5.56 Å². The van der Waals surface area contributed by atoms with Crippen LogP contribution in [-0.2, 0) is 0 Å². The van der Waals surface area contributed by atoms with E-state index in [2.05, 4.69) is 15.5 Å². The predicted octanol–water partition coefficient (Wildman–Crippen LogP) is 3.78. The molecule has 1 aromatic heterocycles. The molecule has 1 heterocycles. The van der Waals surface area contributed by atoms with Gasteiger partial charge in [0.05, 0.1) is 10.9 Å². The van der Waals surface area contributed by atoms with Gasteiger partial charge in [0.15, 0.2) is 5.78 Å². The second-order valence-electron chi connectivity index (χ2n) is 5.74. The molecule has 3 rings (SSSR count). The lowest BCUT2D eigenvalue weighted by atomic mass is 10.1. The van der Waals surface area contributed by atoms with E-state index in [4.69, 9.17) is 0 Å². The lowest BCUT2D eigenvalue weighted by Crippen LogP contribution is -2.15. The molecule has 0 N–H and O–H groups in total. The standard InChI is InChI=1S/C18H17FN4OS/c1-11-5-4-6-12(2)16(11)23-18(20-21-22-23)25-13(3)17(24)14-7-9-15(19)10-8-14/h4-10,13H,1-3H3. The van der Waals surface area contributed by atoms with Gasteiger partial charge in [0.2, 0.25) is 5.16 Å². The van der Waals surface area contributed by atoms with E-state index in [1.54, 1.807) is 11.6 Å². The van der Waals surface area contributed by atoms with Crippen LogP contribution < -0.4 is 0 Å². The SMILES string of the molecule is Cc1cccc(C)c1-n1nnnc1SC(C)C(=O)c1ccc(F)cc1. The highest BCUT2D eigenvalue weighted by Crippen LogP contribution is 2.27. The van der Waals surface area contributed by atoms with Crippen molar-refractivity contribution in [3.63, 3.8) is 0 Å². The van der Waals surface area contributed by atoms with Gasteiger partial charge in [-0.15, -0.1) is 5.10 Å². The molecule has 0 aliphatic heterocycles. The van der Waals surface area contributed by atoms with Crippen molar-refractivity contribution in [3.8, 4) is 5.69 Å². The van der Waals surface area contributed by atoms with Crippen LogP contribution >= 0.6 is 11.8 Å². The van der Waals surface area contributed by atoms with Crippen LogP contribution in [0.2, 0.25) is 0 Å².